The Morgan fingerprint density at radius 1 is 1.14 bits per heavy atom. The van der Waals surface area contributed by atoms with Crippen LogP contribution in [-0.4, -0.2) is 4.98 Å². The zero-order chi connectivity index (χ0) is 15.1. The number of benzene rings is 2. The molecule has 1 aliphatic rings. The lowest BCUT2D eigenvalue weighted by atomic mass is 10.1. The molecular weight excluding hydrogens is 277 g/mol. The van der Waals surface area contributed by atoms with Gasteiger partial charge in [0.2, 0.25) is 0 Å². The minimum Gasteiger partial charge on any atom is -0.398 e. The van der Waals surface area contributed by atoms with Crippen LogP contribution >= 0.6 is 0 Å². The van der Waals surface area contributed by atoms with Gasteiger partial charge in [-0.05, 0) is 60.4 Å². The van der Waals surface area contributed by atoms with E-state index in [1.807, 2.05) is 36.4 Å². The Labute approximate surface area is 128 Å². The quantitative estimate of drug-likeness (QED) is 0.701. The molecule has 0 bridgehead atoms. The Kier molecular flexibility index (Phi) is 2.96. The molecule has 3 aromatic rings. The van der Waals surface area contributed by atoms with Gasteiger partial charge in [-0.15, -0.1) is 0 Å². The van der Waals surface area contributed by atoms with E-state index in [0.717, 1.165) is 46.4 Å². The predicted molar refractivity (Wildman–Crippen MR) is 87.2 cm³/mol. The third kappa shape index (κ3) is 2.17. The number of aryl methyl sites for hydroxylation is 1. The van der Waals surface area contributed by atoms with E-state index in [4.69, 9.17) is 5.73 Å². The summed E-state index contributed by atoms with van der Waals surface area (Å²) in [6.45, 7) is 0. The summed E-state index contributed by atoms with van der Waals surface area (Å²) in [4.78, 5) is 4.62. The van der Waals surface area contributed by atoms with E-state index < -0.39 is 0 Å². The monoisotopic (exact) mass is 293 g/mol. The molecule has 0 saturated heterocycles. The van der Waals surface area contributed by atoms with Crippen LogP contribution in [0.5, 0.6) is 0 Å². The summed E-state index contributed by atoms with van der Waals surface area (Å²) < 4.78 is 13.3. The van der Waals surface area contributed by atoms with E-state index in [2.05, 4.69) is 10.3 Å². The second kappa shape index (κ2) is 4.98. The molecule has 1 aliphatic carbocycles. The van der Waals surface area contributed by atoms with Crippen molar-refractivity contribution in [2.45, 2.75) is 18.9 Å². The summed E-state index contributed by atoms with van der Waals surface area (Å²) in [5, 5.41) is 4.41. The zero-order valence-corrected chi connectivity index (χ0v) is 12.0. The molecule has 3 nitrogen and oxygen atoms in total. The van der Waals surface area contributed by atoms with E-state index in [1.165, 1.54) is 6.07 Å². The molecule has 0 fully saturated rings. The molecule has 1 heterocycles. The first-order chi connectivity index (χ1) is 10.7. The fraction of sp³-hybridized carbons (Fsp3) is 0.167. The SMILES string of the molecule is Nc1cccc2nc(NC3CCc4cc(F)ccc43)ccc12. The normalized spacial score (nSPS) is 16.7. The molecule has 22 heavy (non-hydrogen) atoms. The van der Waals surface area contributed by atoms with Crippen molar-refractivity contribution in [3.8, 4) is 0 Å². The number of fused-ring (bicyclic) bond motifs is 2. The van der Waals surface area contributed by atoms with Crippen LogP contribution in [0.3, 0.4) is 0 Å². The van der Waals surface area contributed by atoms with E-state index in [-0.39, 0.29) is 11.9 Å². The van der Waals surface area contributed by atoms with Gasteiger partial charge in [0, 0.05) is 11.1 Å². The average molecular weight is 293 g/mol. The molecule has 0 radical (unpaired) electrons. The van der Waals surface area contributed by atoms with Crippen LogP contribution in [0.4, 0.5) is 15.9 Å². The Morgan fingerprint density at radius 3 is 2.95 bits per heavy atom. The van der Waals surface area contributed by atoms with E-state index >= 15 is 0 Å². The second-order valence-corrected chi connectivity index (χ2v) is 5.69. The summed E-state index contributed by atoms with van der Waals surface area (Å²) in [7, 11) is 0. The van der Waals surface area contributed by atoms with Crippen molar-refractivity contribution in [1.29, 1.82) is 0 Å². The van der Waals surface area contributed by atoms with Gasteiger partial charge < -0.3 is 11.1 Å². The summed E-state index contributed by atoms with van der Waals surface area (Å²) in [5.74, 6) is 0.652. The van der Waals surface area contributed by atoms with E-state index in [1.54, 1.807) is 6.07 Å². The predicted octanol–water partition coefficient (Wildman–Crippen LogP) is 4.06. The van der Waals surface area contributed by atoms with Gasteiger partial charge in [-0.2, -0.15) is 0 Å². The maximum atomic E-state index is 13.3. The van der Waals surface area contributed by atoms with Crippen LogP contribution in [-0.2, 0) is 6.42 Å². The fourth-order valence-corrected chi connectivity index (χ4v) is 3.17. The van der Waals surface area contributed by atoms with Crippen molar-refractivity contribution in [3.05, 3.63) is 65.5 Å². The zero-order valence-electron chi connectivity index (χ0n) is 12.0. The average Bonchev–Trinajstić information content (AvgIpc) is 2.89. The maximum absolute atomic E-state index is 13.3. The third-order valence-electron chi connectivity index (χ3n) is 4.27. The number of nitrogens with two attached hydrogens (primary N) is 1. The van der Waals surface area contributed by atoms with Gasteiger partial charge in [-0.1, -0.05) is 12.1 Å². The molecule has 0 aliphatic heterocycles. The summed E-state index contributed by atoms with van der Waals surface area (Å²) >= 11 is 0. The van der Waals surface area contributed by atoms with Gasteiger partial charge in [-0.3, -0.25) is 0 Å². The van der Waals surface area contributed by atoms with Crippen molar-refractivity contribution >= 4 is 22.4 Å². The number of pyridine rings is 1. The second-order valence-electron chi connectivity index (χ2n) is 5.69. The molecule has 1 atom stereocenters. The largest absolute Gasteiger partial charge is 0.398 e. The van der Waals surface area contributed by atoms with Gasteiger partial charge in [0.15, 0.2) is 0 Å². The van der Waals surface area contributed by atoms with Crippen LogP contribution in [0.25, 0.3) is 10.9 Å². The minimum absolute atomic E-state index is 0.168. The molecule has 3 N–H and O–H groups in total. The van der Waals surface area contributed by atoms with Crippen LogP contribution in [0.2, 0.25) is 0 Å². The topological polar surface area (TPSA) is 50.9 Å². The van der Waals surface area contributed by atoms with E-state index in [9.17, 15) is 4.39 Å². The van der Waals surface area contributed by atoms with Crippen molar-refractivity contribution in [3.63, 3.8) is 0 Å². The Balaban J connectivity index is 1.65. The van der Waals surface area contributed by atoms with Gasteiger partial charge in [-0.25, -0.2) is 9.37 Å². The number of nitrogen functional groups attached to an aromatic ring is 1. The molecule has 2 aromatic carbocycles. The molecule has 0 spiro atoms. The molecule has 0 amide bonds. The minimum atomic E-state index is -0.168. The lowest BCUT2D eigenvalue weighted by molar-refractivity contribution is 0.626. The highest BCUT2D eigenvalue weighted by Crippen LogP contribution is 2.34. The highest BCUT2D eigenvalue weighted by Gasteiger charge is 2.22. The van der Waals surface area contributed by atoms with Gasteiger partial charge in [0.1, 0.15) is 11.6 Å². The maximum Gasteiger partial charge on any atom is 0.127 e. The lowest BCUT2D eigenvalue weighted by Gasteiger charge is -2.15. The highest BCUT2D eigenvalue weighted by molar-refractivity contribution is 5.91. The lowest BCUT2D eigenvalue weighted by Crippen LogP contribution is -2.08. The Hall–Kier alpha value is -2.62. The summed E-state index contributed by atoms with van der Waals surface area (Å²) in [6, 6.07) is 14.9. The number of nitrogens with one attached hydrogen (secondary N) is 1. The van der Waals surface area contributed by atoms with Crippen LogP contribution in [0.1, 0.15) is 23.6 Å². The van der Waals surface area contributed by atoms with Gasteiger partial charge >= 0.3 is 0 Å². The summed E-state index contributed by atoms with van der Waals surface area (Å²) in [6.07, 6.45) is 1.85. The summed E-state index contributed by atoms with van der Waals surface area (Å²) in [5.41, 5.74) is 9.81. The number of anilines is 2. The number of halogens is 1. The van der Waals surface area contributed by atoms with Gasteiger partial charge in [0.05, 0.1) is 11.6 Å². The number of hydrogen-bond donors (Lipinski definition) is 2. The van der Waals surface area contributed by atoms with Gasteiger partial charge in [0.25, 0.3) is 0 Å². The first-order valence-corrected chi connectivity index (χ1v) is 7.41. The molecule has 110 valence electrons. The number of rotatable bonds is 2. The Bertz CT molecular complexity index is 860. The number of nitrogens with zero attached hydrogens (tertiary/aromatic N) is 1. The fourth-order valence-electron chi connectivity index (χ4n) is 3.17. The standard InChI is InChI=1S/C18H16FN3/c19-12-5-6-13-11(10-12)4-8-17(13)22-18-9-7-14-15(20)2-1-3-16(14)21-18/h1-3,5-7,9-10,17H,4,8,20H2,(H,21,22). The third-order valence-corrected chi connectivity index (χ3v) is 4.27. The van der Waals surface area contributed by atoms with Crippen molar-refractivity contribution in [2.24, 2.45) is 0 Å². The van der Waals surface area contributed by atoms with Crippen molar-refractivity contribution in [2.75, 3.05) is 11.1 Å². The first kappa shape index (κ1) is 13.1. The molecular formula is C18H16FN3. The molecule has 1 unspecified atom stereocenters. The van der Waals surface area contributed by atoms with Crippen molar-refractivity contribution < 1.29 is 4.39 Å². The van der Waals surface area contributed by atoms with Crippen LogP contribution < -0.4 is 11.1 Å². The van der Waals surface area contributed by atoms with Crippen LogP contribution in [0, 0.1) is 5.82 Å². The smallest absolute Gasteiger partial charge is 0.127 e. The van der Waals surface area contributed by atoms with Crippen LogP contribution in [0.15, 0.2) is 48.5 Å². The molecule has 0 saturated carbocycles. The number of aromatic nitrogens is 1. The van der Waals surface area contributed by atoms with Crippen molar-refractivity contribution in [1.82, 2.24) is 4.98 Å². The molecule has 4 heteroatoms. The molecule has 1 aromatic heterocycles. The Morgan fingerprint density at radius 2 is 2.05 bits per heavy atom. The number of hydrogen-bond acceptors (Lipinski definition) is 3. The highest BCUT2D eigenvalue weighted by atomic mass is 19.1. The van der Waals surface area contributed by atoms with E-state index in [0.29, 0.717) is 0 Å². The molecule has 4 rings (SSSR count). The first-order valence-electron chi connectivity index (χ1n) is 7.41.